The van der Waals surface area contributed by atoms with E-state index < -0.39 is 17.1 Å². The van der Waals surface area contributed by atoms with Crippen molar-refractivity contribution >= 4 is 39.5 Å². The molecule has 0 bridgehead atoms. The van der Waals surface area contributed by atoms with E-state index in [0.717, 1.165) is 47.5 Å². The number of nitrogens with one attached hydrogen (secondary N) is 1. The van der Waals surface area contributed by atoms with Crippen molar-refractivity contribution in [1.82, 2.24) is 29.0 Å². The Morgan fingerprint density at radius 1 is 1.11 bits per heavy atom. The zero-order chi connectivity index (χ0) is 26.4. The highest BCUT2D eigenvalue weighted by atomic mass is 127. The Bertz CT molecular complexity index is 1640. The van der Waals surface area contributed by atoms with Gasteiger partial charge in [-0.2, -0.15) is 0 Å². The molecule has 1 amide bonds. The number of amides is 1. The highest BCUT2D eigenvalue weighted by Crippen LogP contribution is 2.28. The Kier molecular flexibility index (Phi) is 6.62. The van der Waals surface area contributed by atoms with E-state index >= 15 is 0 Å². The summed E-state index contributed by atoms with van der Waals surface area (Å²) in [7, 11) is 0. The average Bonchev–Trinajstić information content (AvgIpc) is 3.35. The summed E-state index contributed by atoms with van der Waals surface area (Å²) in [6, 6.07) is 8.00. The smallest absolute Gasteiger partial charge is 0.337 e. The van der Waals surface area contributed by atoms with Gasteiger partial charge in [0.15, 0.2) is 5.65 Å². The molecule has 4 aromatic rings. The first-order chi connectivity index (χ1) is 18.4. The molecule has 1 aliphatic carbocycles. The molecule has 2 aliphatic rings. The molecule has 38 heavy (non-hydrogen) atoms. The van der Waals surface area contributed by atoms with Gasteiger partial charge >= 0.3 is 5.69 Å². The predicted octanol–water partition coefficient (Wildman–Crippen LogP) is 3.74. The maximum atomic E-state index is 14.1. The van der Waals surface area contributed by atoms with Crippen molar-refractivity contribution in [2.45, 2.75) is 63.6 Å². The van der Waals surface area contributed by atoms with Crippen LogP contribution in [0.3, 0.4) is 0 Å². The number of rotatable bonds is 4. The summed E-state index contributed by atoms with van der Waals surface area (Å²) in [6.07, 6.45) is 8.18. The highest BCUT2D eigenvalue weighted by Gasteiger charge is 2.29. The van der Waals surface area contributed by atoms with Crippen molar-refractivity contribution in [1.29, 1.82) is 0 Å². The van der Waals surface area contributed by atoms with Gasteiger partial charge in [-0.05, 0) is 85.4 Å². The Hall–Kier alpha value is -3.35. The van der Waals surface area contributed by atoms with Gasteiger partial charge in [-0.1, -0.05) is 6.07 Å². The van der Waals surface area contributed by atoms with Crippen LogP contribution in [0.15, 0.2) is 52.3 Å². The molecule has 0 unspecified atom stereocenters. The van der Waals surface area contributed by atoms with Crippen LogP contribution in [0.25, 0.3) is 16.7 Å². The molecule has 1 fully saturated rings. The van der Waals surface area contributed by atoms with Crippen LogP contribution in [0.4, 0.5) is 4.39 Å². The van der Waals surface area contributed by atoms with Gasteiger partial charge in [0, 0.05) is 34.8 Å². The highest BCUT2D eigenvalue weighted by molar-refractivity contribution is 14.1. The number of hydrogen-bond donors (Lipinski definition) is 1. The molecular formula is C27H26FIN6O3. The number of halogens is 2. The van der Waals surface area contributed by atoms with Crippen LogP contribution in [-0.4, -0.2) is 35.6 Å². The molecular weight excluding hydrogens is 602 g/mol. The number of pyridine rings is 1. The number of benzene rings is 1. The van der Waals surface area contributed by atoms with Crippen molar-refractivity contribution in [2.24, 2.45) is 0 Å². The number of carbonyl (C=O) groups excluding carboxylic acids is 1. The van der Waals surface area contributed by atoms with Gasteiger partial charge in [0.2, 0.25) is 0 Å². The average molecular weight is 628 g/mol. The van der Waals surface area contributed by atoms with Crippen molar-refractivity contribution < 1.29 is 9.18 Å². The number of fused-ring (bicyclic) bond motifs is 2. The summed E-state index contributed by atoms with van der Waals surface area (Å²) in [5.41, 5.74) is 0.0751. The minimum Gasteiger partial charge on any atom is -0.348 e. The molecule has 9 nitrogen and oxygen atoms in total. The van der Waals surface area contributed by atoms with Crippen LogP contribution >= 0.6 is 22.6 Å². The summed E-state index contributed by atoms with van der Waals surface area (Å²) in [5.74, 6) is 0.123. The standard InChI is InChI=1S/C27H26FIN6O3/c28-16-12-21-24(30-14-16)34(20-5-3-4-17(29)13-20)27(38)35(26(21)37)19-9-7-18(8-10-19)31-25(36)22-15-33-11-2-1-6-23(33)32-22/h3-5,12-15,18-19H,1-2,6-11H2,(H,31,36)/t18-,19+. The first kappa shape index (κ1) is 25.0. The third kappa shape index (κ3) is 4.56. The molecule has 1 aromatic carbocycles. The van der Waals surface area contributed by atoms with Crippen molar-refractivity contribution in [3.05, 3.63) is 84.5 Å². The summed E-state index contributed by atoms with van der Waals surface area (Å²) in [6.45, 7) is 0.889. The number of aromatic nitrogens is 5. The molecule has 1 saturated carbocycles. The zero-order valence-electron chi connectivity index (χ0n) is 20.6. The second-order valence-corrected chi connectivity index (χ2v) is 11.2. The fourth-order valence-electron chi connectivity index (χ4n) is 5.61. The number of nitrogens with zero attached hydrogens (tertiary/aromatic N) is 5. The van der Waals surface area contributed by atoms with E-state index in [1.54, 1.807) is 6.07 Å². The Balaban J connectivity index is 1.27. The van der Waals surface area contributed by atoms with E-state index in [2.05, 4.69) is 42.4 Å². The van der Waals surface area contributed by atoms with Crippen molar-refractivity contribution in [2.75, 3.05) is 0 Å². The van der Waals surface area contributed by atoms with Crippen LogP contribution in [0.5, 0.6) is 0 Å². The molecule has 1 N–H and O–H groups in total. The molecule has 0 spiro atoms. The van der Waals surface area contributed by atoms with Gasteiger partial charge in [0.1, 0.15) is 17.3 Å². The second kappa shape index (κ2) is 10.1. The lowest BCUT2D eigenvalue weighted by atomic mass is 9.90. The molecule has 1 aliphatic heterocycles. The molecule has 4 heterocycles. The third-order valence-electron chi connectivity index (χ3n) is 7.50. The maximum Gasteiger partial charge on any atom is 0.337 e. The van der Waals surface area contributed by atoms with E-state index in [1.165, 1.54) is 9.13 Å². The Labute approximate surface area is 230 Å². The van der Waals surface area contributed by atoms with E-state index in [0.29, 0.717) is 37.1 Å². The normalized spacial score (nSPS) is 19.3. The zero-order valence-corrected chi connectivity index (χ0v) is 22.7. The molecule has 0 atom stereocenters. The van der Waals surface area contributed by atoms with Crippen molar-refractivity contribution in [3.63, 3.8) is 0 Å². The predicted molar refractivity (Wildman–Crippen MR) is 148 cm³/mol. The molecule has 0 radical (unpaired) electrons. The van der Waals surface area contributed by atoms with E-state index in [-0.39, 0.29) is 29.0 Å². The second-order valence-electron chi connectivity index (χ2n) is 9.97. The summed E-state index contributed by atoms with van der Waals surface area (Å²) >= 11 is 2.15. The lowest BCUT2D eigenvalue weighted by Gasteiger charge is -2.30. The molecule has 6 rings (SSSR count). The Morgan fingerprint density at radius 2 is 1.92 bits per heavy atom. The number of carbonyl (C=O) groups is 1. The van der Waals surface area contributed by atoms with E-state index in [1.807, 2.05) is 24.4 Å². The Morgan fingerprint density at radius 3 is 2.68 bits per heavy atom. The molecule has 11 heteroatoms. The first-order valence-corrected chi connectivity index (χ1v) is 13.9. The minimum atomic E-state index is -0.638. The first-order valence-electron chi connectivity index (χ1n) is 12.8. The fourth-order valence-corrected chi connectivity index (χ4v) is 6.14. The van der Waals surface area contributed by atoms with Gasteiger partial charge in [0.05, 0.1) is 17.3 Å². The van der Waals surface area contributed by atoms with Gasteiger partial charge in [0.25, 0.3) is 11.5 Å². The van der Waals surface area contributed by atoms with Crippen LogP contribution in [0.2, 0.25) is 0 Å². The lowest BCUT2D eigenvalue weighted by Crippen LogP contribution is -2.45. The quantitative estimate of drug-likeness (QED) is 0.347. The molecule has 0 saturated heterocycles. The minimum absolute atomic E-state index is 0.0580. The van der Waals surface area contributed by atoms with Gasteiger partial charge in [-0.3, -0.25) is 14.2 Å². The van der Waals surface area contributed by atoms with E-state index in [9.17, 15) is 18.8 Å². The van der Waals surface area contributed by atoms with Crippen LogP contribution in [-0.2, 0) is 13.0 Å². The number of imidazole rings is 1. The molecule has 3 aromatic heterocycles. The molecule has 196 valence electrons. The number of hydrogen-bond acceptors (Lipinski definition) is 5. The fraction of sp³-hybridized carbons (Fsp3) is 0.370. The topological polar surface area (TPSA) is 104 Å². The van der Waals surface area contributed by atoms with Crippen LogP contribution in [0.1, 0.15) is 60.9 Å². The van der Waals surface area contributed by atoms with Gasteiger partial charge in [-0.15, -0.1) is 0 Å². The summed E-state index contributed by atoms with van der Waals surface area (Å²) in [4.78, 5) is 48.7. The summed E-state index contributed by atoms with van der Waals surface area (Å²) < 4.78 is 19.7. The van der Waals surface area contributed by atoms with E-state index in [4.69, 9.17) is 0 Å². The third-order valence-corrected chi connectivity index (χ3v) is 8.17. The van der Waals surface area contributed by atoms with Crippen LogP contribution in [0, 0.1) is 9.39 Å². The largest absolute Gasteiger partial charge is 0.348 e. The lowest BCUT2D eigenvalue weighted by molar-refractivity contribution is 0.0917. The van der Waals surface area contributed by atoms with Crippen molar-refractivity contribution in [3.8, 4) is 5.69 Å². The maximum absolute atomic E-state index is 14.1. The number of aryl methyl sites for hydroxylation is 2. The van der Waals surface area contributed by atoms with Gasteiger partial charge < -0.3 is 9.88 Å². The SMILES string of the molecule is O=C(N[C@H]1CC[C@@H](n2c(=O)c3cc(F)cnc3n(-c3cccc(I)c3)c2=O)CC1)c1cn2c(n1)CCCC2. The van der Waals surface area contributed by atoms with Gasteiger partial charge in [-0.25, -0.2) is 23.7 Å². The summed E-state index contributed by atoms with van der Waals surface area (Å²) in [5, 5.41) is 3.14. The monoisotopic (exact) mass is 628 g/mol. The van der Waals surface area contributed by atoms with Crippen LogP contribution < -0.4 is 16.6 Å².